The standard InChI is InChI=1S/C22H23N7O2/c30-19-2-1-9-28(19)13-3-4-16(25-10-13)14-5-7-23-12-18(14)29-20-15-6-8-24-21(15)26-11-17(20)27-22(29)31/h3-4,6,8,10-11,14,18,23H,1-2,5,7,9,12H2,(H,24,26)(H,27,31)/t14-,18-/m0/s1. The highest BCUT2D eigenvalue weighted by molar-refractivity contribution is 6.01. The summed E-state index contributed by atoms with van der Waals surface area (Å²) in [6.07, 6.45) is 7.71. The first kappa shape index (κ1) is 18.3. The molecule has 4 aromatic rings. The van der Waals surface area contributed by atoms with E-state index in [1.807, 2.05) is 29.0 Å². The fourth-order valence-corrected chi connectivity index (χ4v) is 5.09. The third kappa shape index (κ3) is 2.88. The largest absolute Gasteiger partial charge is 0.346 e. The van der Waals surface area contributed by atoms with E-state index in [0.717, 1.165) is 59.4 Å². The quantitative estimate of drug-likeness (QED) is 0.472. The topological polar surface area (TPSA) is 112 Å². The lowest BCUT2D eigenvalue weighted by atomic mass is 9.88. The van der Waals surface area contributed by atoms with Gasteiger partial charge in [-0.05, 0) is 37.6 Å². The fourth-order valence-electron chi connectivity index (χ4n) is 5.09. The maximum absolute atomic E-state index is 13.0. The molecule has 6 heterocycles. The Balaban J connectivity index is 1.42. The van der Waals surface area contributed by atoms with Crippen LogP contribution in [0, 0.1) is 0 Å². The lowest BCUT2D eigenvalue weighted by Gasteiger charge is -2.33. The molecule has 0 unspecified atom stereocenters. The van der Waals surface area contributed by atoms with Gasteiger partial charge >= 0.3 is 5.69 Å². The van der Waals surface area contributed by atoms with Gasteiger partial charge in [0.25, 0.3) is 0 Å². The molecule has 4 aromatic heterocycles. The number of nitrogens with zero attached hydrogens (tertiary/aromatic N) is 4. The van der Waals surface area contributed by atoms with Gasteiger partial charge in [0.05, 0.1) is 35.2 Å². The van der Waals surface area contributed by atoms with Crippen LogP contribution in [0.25, 0.3) is 22.1 Å². The molecule has 2 fully saturated rings. The van der Waals surface area contributed by atoms with Crippen molar-refractivity contribution in [2.45, 2.75) is 31.2 Å². The molecule has 9 heteroatoms. The summed E-state index contributed by atoms with van der Waals surface area (Å²) in [5.41, 5.74) is 4.02. The van der Waals surface area contributed by atoms with Crippen LogP contribution in [-0.2, 0) is 4.79 Å². The SMILES string of the molecule is O=C1CCCN1c1ccc([C@@H]2CCNC[C@@H]2n2c(=O)[nH]c3cnc4[nH]ccc4c32)nc1. The summed E-state index contributed by atoms with van der Waals surface area (Å²) in [5.74, 6) is 0.243. The smallest absolute Gasteiger partial charge is 0.326 e. The summed E-state index contributed by atoms with van der Waals surface area (Å²) in [6, 6.07) is 5.87. The molecule has 2 aliphatic heterocycles. The lowest BCUT2D eigenvalue weighted by molar-refractivity contribution is -0.117. The van der Waals surface area contributed by atoms with Gasteiger partial charge < -0.3 is 20.2 Å². The minimum atomic E-state index is -0.136. The number of carbonyl (C=O) groups is 1. The molecule has 2 saturated heterocycles. The molecule has 2 aliphatic rings. The number of hydrogen-bond donors (Lipinski definition) is 3. The highest BCUT2D eigenvalue weighted by Crippen LogP contribution is 2.35. The van der Waals surface area contributed by atoms with E-state index in [1.165, 1.54) is 0 Å². The Kier molecular flexibility index (Phi) is 4.17. The molecule has 0 bridgehead atoms. The molecule has 0 radical (unpaired) electrons. The summed E-state index contributed by atoms with van der Waals surface area (Å²) in [6.45, 7) is 2.30. The zero-order chi connectivity index (χ0) is 20.9. The molecule has 0 aromatic carbocycles. The van der Waals surface area contributed by atoms with E-state index < -0.39 is 0 Å². The number of anilines is 1. The molecule has 2 atom stereocenters. The second kappa shape index (κ2) is 7.05. The molecule has 0 saturated carbocycles. The number of hydrogen-bond acceptors (Lipinski definition) is 5. The summed E-state index contributed by atoms with van der Waals surface area (Å²) >= 11 is 0. The number of piperidine rings is 1. The zero-order valence-electron chi connectivity index (χ0n) is 17.0. The van der Waals surface area contributed by atoms with Crippen molar-refractivity contribution in [3.8, 4) is 0 Å². The van der Waals surface area contributed by atoms with Crippen molar-refractivity contribution in [3.63, 3.8) is 0 Å². The van der Waals surface area contributed by atoms with Gasteiger partial charge in [0.2, 0.25) is 5.91 Å². The van der Waals surface area contributed by atoms with Crippen molar-refractivity contribution in [1.82, 2.24) is 29.8 Å². The molecule has 0 spiro atoms. The Labute approximate surface area is 177 Å². The van der Waals surface area contributed by atoms with Crippen LogP contribution in [0.1, 0.15) is 36.9 Å². The molecule has 31 heavy (non-hydrogen) atoms. The Morgan fingerprint density at radius 3 is 2.84 bits per heavy atom. The Bertz CT molecular complexity index is 1330. The summed E-state index contributed by atoms with van der Waals surface area (Å²) in [5, 5.41) is 4.37. The van der Waals surface area contributed by atoms with E-state index >= 15 is 0 Å². The molecule has 1 amide bonds. The van der Waals surface area contributed by atoms with Gasteiger partial charge in [-0.25, -0.2) is 9.78 Å². The number of fused-ring (bicyclic) bond motifs is 3. The average molecular weight is 417 g/mol. The van der Waals surface area contributed by atoms with Gasteiger partial charge in [-0.2, -0.15) is 0 Å². The minimum absolute atomic E-state index is 0.0812. The number of carbonyl (C=O) groups excluding carboxylic acids is 1. The van der Waals surface area contributed by atoms with Crippen molar-refractivity contribution in [2.24, 2.45) is 0 Å². The van der Waals surface area contributed by atoms with E-state index in [9.17, 15) is 9.59 Å². The fraction of sp³-hybridized carbons (Fsp3) is 0.364. The molecular formula is C22H23N7O2. The predicted molar refractivity (Wildman–Crippen MR) is 117 cm³/mol. The normalized spacial score (nSPS) is 22.1. The van der Waals surface area contributed by atoms with Crippen LogP contribution in [0.5, 0.6) is 0 Å². The van der Waals surface area contributed by atoms with Crippen molar-refractivity contribution >= 4 is 33.7 Å². The van der Waals surface area contributed by atoms with Gasteiger partial charge in [0.15, 0.2) is 0 Å². The van der Waals surface area contributed by atoms with Gasteiger partial charge in [-0.15, -0.1) is 0 Å². The number of aromatic amines is 2. The maximum Gasteiger partial charge on any atom is 0.326 e. The molecule has 0 aliphatic carbocycles. The number of H-pyrrole nitrogens is 2. The van der Waals surface area contributed by atoms with Crippen LogP contribution in [0.3, 0.4) is 0 Å². The maximum atomic E-state index is 13.0. The molecule has 9 nitrogen and oxygen atoms in total. The molecular weight excluding hydrogens is 394 g/mol. The highest BCUT2D eigenvalue weighted by Gasteiger charge is 2.32. The zero-order valence-corrected chi connectivity index (χ0v) is 17.0. The van der Waals surface area contributed by atoms with Gasteiger partial charge in [0, 0.05) is 42.7 Å². The van der Waals surface area contributed by atoms with Gasteiger partial charge in [-0.1, -0.05) is 0 Å². The number of imidazole rings is 1. The van der Waals surface area contributed by atoms with Crippen molar-refractivity contribution in [1.29, 1.82) is 0 Å². The number of rotatable bonds is 3. The minimum Gasteiger partial charge on any atom is -0.346 e. The lowest BCUT2D eigenvalue weighted by Crippen LogP contribution is -2.40. The first-order valence-corrected chi connectivity index (χ1v) is 10.7. The number of amides is 1. The first-order valence-electron chi connectivity index (χ1n) is 10.7. The van der Waals surface area contributed by atoms with Crippen LogP contribution in [0.2, 0.25) is 0 Å². The van der Waals surface area contributed by atoms with Gasteiger partial charge in [0.1, 0.15) is 5.65 Å². The highest BCUT2D eigenvalue weighted by atomic mass is 16.2. The Morgan fingerprint density at radius 1 is 1.10 bits per heavy atom. The summed E-state index contributed by atoms with van der Waals surface area (Å²) < 4.78 is 1.86. The Morgan fingerprint density at radius 2 is 2.03 bits per heavy atom. The molecule has 6 rings (SSSR count). The van der Waals surface area contributed by atoms with E-state index in [1.54, 1.807) is 17.3 Å². The molecule has 3 N–H and O–H groups in total. The monoisotopic (exact) mass is 417 g/mol. The van der Waals surface area contributed by atoms with Crippen LogP contribution < -0.4 is 15.9 Å². The first-order chi connectivity index (χ1) is 15.2. The van der Waals surface area contributed by atoms with Crippen molar-refractivity contribution in [3.05, 3.63) is 53.0 Å². The van der Waals surface area contributed by atoms with E-state index in [2.05, 4.69) is 20.3 Å². The third-order valence-electron chi connectivity index (χ3n) is 6.58. The third-order valence-corrected chi connectivity index (χ3v) is 6.58. The number of pyridine rings is 2. The van der Waals surface area contributed by atoms with Crippen LogP contribution in [-0.4, -0.2) is 50.0 Å². The number of nitrogens with one attached hydrogen (secondary N) is 3. The second-order valence-electron chi connectivity index (χ2n) is 8.32. The summed E-state index contributed by atoms with van der Waals surface area (Å²) in [4.78, 5) is 42.1. The van der Waals surface area contributed by atoms with Crippen molar-refractivity contribution < 1.29 is 4.79 Å². The van der Waals surface area contributed by atoms with Crippen LogP contribution in [0.4, 0.5) is 5.69 Å². The van der Waals surface area contributed by atoms with E-state index in [-0.39, 0.29) is 23.6 Å². The van der Waals surface area contributed by atoms with E-state index in [0.29, 0.717) is 13.0 Å². The Hall–Kier alpha value is -3.46. The van der Waals surface area contributed by atoms with Crippen molar-refractivity contribution in [2.75, 3.05) is 24.5 Å². The van der Waals surface area contributed by atoms with Gasteiger partial charge in [-0.3, -0.25) is 14.3 Å². The second-order valence-corrected chi connectivity index (χ2v) is 8.32. The van der Waals surface area contributed by atoms with Crippen LogP contribution in [0.15, 0.2) is 41.6 Å². The average Bonchev–Trinajstić information content (AvgIpc) is 3.51. The van der Waals surface area contributed by atoms with E-state index in [4.69, 9.17) is 4.98 Å². The predicted octanol–water partition coefficient (Wildman–Crippen LogP) is 2.05. The number of aromatic nitrogens is 5. The summed E-state index contributed by atoms with van der Waals surface area (Å²) in [7, 11) is 0. The van der Waals surface area contributed by atoms with Crippen LogP contribution >= 0.6 is 0 Å². The molecule has 158 valence electrons.